The van der Waals surface area contributed by atoms with E-state index in [0.717, 1.165) is 11.4 Å². The third kappa shape index (κ3) is 2.17. The smallest absolute Gasteiger partial charge is 0.231 e. The summed E-state index contributed by atoms with van der Waals surface area (Å²) >= 11 is 3.26. The van der Waals surface area contributed by atoms with Crippen LogP contribution in [0.4, 0.5) is 17.5 Å². The van der Waals surface area contributed by atoms with Gasteiger partial charge in [0.15, 0.2) is 11.5 Å². The highest BCUT2D eigenvalue weighted by Gasteiger charge is 2.13. The number of benzene rings is 1. The molecule has 0 saturated heterocycles. The van der Waals surface area contributed by atoms with Gasteiger partial charge in [0.25, 0.3) is 0 Å². The fourth-order valence-corrected chi connectivity index (χ4v) is 2.00. The number of nitrogens with zero attached hydrogens (tertiary/aromatic N) is 2. The average molecular weight is 309 g/mol. The molecular formula is C11H9BrN4O2. The first kappa shape index (κ1) is 11.1. The van der Waals surface area contributed by atoms with Crippen LogP contribution in [0.1, 0.15) is 0 Å². The van der Waals surface area contributed by atoms with Crippen molar-refractivity contribution in [3.05, 3.63) is 28.9 Å². The third-order valence-electron chi connectivity index (χ3n) is 2.34. The van der Waals surface area contributed by atoms with Crippen LogP contribution in [-0.4, -0.2) is 16.8 Å². The highest BCUT2D eigenvalue weighted by atomic mass is 79.9. The molecule has 0 radical (unpaired) electrons. The first-order valence-corrected chi connectivity index (χ1v) is 5.97. The molecule has 7 heteroatoms. The molecule has 18 heavy (non-hydrogen) atoms. The van der Waals surface area contributed by atoms with Gasteiger partial charge in [-0.3, -0.25) is 0 Å². The molecular weight excluding hydrogens is 300 g/mol. The maximum absolute atomic E-state index is 5.64. The van der Waals surface area contributed by atoms with Gasteiger partial charge in [0.1, 0.15) is 10.4 Å². The van der Waals surface area contributed by atoms with Gasteiger partial charge in [-0.15, -0.1) is 0 Å². The highest BCUT2D eigenvalue weighted by Crippen LogP contribution is 2.34. The van der Waals surface area contributed by atoms with Gasteiger partial charge in [-0.25, -0.2) is 4.98 Å². The predicted molar refractivity (Wildman–Crippen MR) is 70.0 cm³/mol. The Hall–Kier alpha value is -2.02. The largest absolute Gasteiger partial charge is 0.454 e. The lowest BCUT2D eigenvalue weighted by atomic mass is 10.3. The molecule has 1 aliphatic rings. The van der Waals surface area contributed by atoms with Gasteiger partial charge in [0.05, 0.1) is 0 Å². The number of hydrogen-bond donors (Lipinski definition) is 2. The minimum atomic E-state index is 0.249. The Balaban J connectivity index is 1.88. The minimum Gasteiger partial charge on any atom is -0.454 e. The normalized spacial score (nSPS) is 12.5. The summed E-state index contributed by atoms with van der Waals surface area (Å²) in [5, 5.41) is 3.05. The molecule has 0 unspecified atom stereocenters. The number of nitrogens with two attached hydrogens (primary N) is 1. The molecule has 2 heterocycles. The Kier molecular flexibility index (Phi) is 2.67. The number of hydrogen-bond acceptors (Lipinski definition) is 6. The van der Waals surface area contributed by atoms with Crippen molar-refractivity contribution in [2.24, 2.45) is 0 Å². The van der Waals surface area contributed by atoms with E-state index in [0.29, 0.717) is 22.1 Å². The molecule has 3 rings (SSSR count). The molecule has 0 atom stereocenters. The van der Waals surface area contributed by atoms with E-state index in [-0.39, 0.29) is 6.79 Å². The van der Waals surface area contributed by atoms with Gasteiger partial charge in [0, 0.05) is 17.8 Å². The van der Waals surface area contributed by atoms with Crippen LogP contribution in [-0.2, 0) is 0 Å². The lowest BCUT2D eigenvalue weighted by Gasteiger charge is -2.06. The SMILES string of the molecule is Nc1cc(Br)nc(Nc2ccc3c(c2)OCO3)n1. The highest BCUT2D eigenvalue weighted by molar-refractivity contribution is 9.10. The fraction of sp³-hybridized carbons (Fsp3) is 0.0909. The van der Waals surface area contributed by atoms with E-state index in [1.54, 1.807) is 6.07 Å². The van der Waals surface area contributed by atoms with E-state index in [4.69, 9.17) is 15.2 Å². The van der Waals surface area contributed by atoms with Crippen molar-refractivity contribution in [3.8, 4) is 11.5 Å². The van der Waals surface area contributed by atoms with Crippen molar-refractivity contribution in [1.82, 2.24) is 9.97 Å². The summed E-state index contributed by atoms with van der Waals surface area (Å²) < 4.78 is 11.1. The second-order valence-electron chi connectivity index (χ2n) is 3.63. The molecule has 0 bridgehead atoms. The van der Waals surface area contributed by atoms with Gasteiger partial charge in [-0.2, -0.15) is 4.98 Å². The first-order chi connectivity index (χ1) is 8.70. The van der Waals surface area contributed by atoms with Crippen LogP contribution in [0, 0.1) is 0 Å². The second kappa shape index (κ2) is 4.34. The summed E-state index contributed by atoms with van der Waals surface area (Å²) in [6.07, 6.45) is 0. The number of rotatable bonds is 2. The number of nitrogen functional groups attached to an aromatic ring is 1. The van der Waals surface area contributed by atoms with E-state index < -0.39 is 0 Å². The quantitative estimate of drug-likeness (QED) is 0.828. The summed E-state index contributed by atoms with van der Waals surface area (Å²) in [5.74, 6) is 2.24. The standard InChI is InChI=1S/C11H9BrN4O2/c12-9-4-10(13)16-11(15-9)14-6-1-2-7-8(3-6)18-5-17-7/h1-4H,5H2,(H3,13,14,15,16). The van der Waals surface area contributed by atoms with Crippen molar-refractivity contribution < 1.29 is 9.47 Å². The number of ether oxygens (including phenoxy) is 2. The van der Waals surface area contributed by atoms with Crippen LogP contribution >= 0.6 is 15.9 Å². The Bertz CT molecular complexity index is 585. The molecule has 0 fully saturated rings. The Morgan fingerprint density at radius 1 is 1.17 bits per heavy atom. The van der Waals surface area contributed by atoms with Crippen LogP contribution in [0.25, 0.3) is 0 Å². The summed E-state index contributed by atoms with van der Waals surface area (Å²) in [6, 6.07) is 7.13. The molecule has 0 amide bonds. The fourth-order valence-electron chi connectivity index (χ4n) is 1.59. The molecule has 0 spiro atoms. The zero-order valence-electron chi connectivity index (χ0n) is 9.18. The van der Waals surface area contributed by atoms with Crippen LogP contribution in [0.15, 0.2) is 28.9 Å². The lowest BCUT2D eigenvalue weighted by molar-refractivity contribution is 0.174. The Labute approximate surface area is 111 Å². The summed E-state index contributed by atoms with van der Waals surface area (Å²) in [5.41, 5.74) is 6.44. The molecule has 1 aromatic heterocycles. The number of halogens is 1. The molecule has 0 aliphatic carbocycles. The maximum Gasteiger partial charge on any atom is 0.231 e. The van der Waals surface area contributed by atoms with Crippen molar-refractivity contribution in [1.29, 1.82) is 0 Å². The molecule has 6 nitrogen and oxygen atoms in total. The molecule has 1 aliphatic heterocycles. The van der Waals surface area contributed by atoms with Crippen LogP contribution in [0.5, 0.6) is 11.5 Å². The molecule has 3 N–H and O–H groups in total. The van der Waals surface area contributed by atoms with Crippen LogP contribution in [0.2, 0.25) is 0 Å². The Morgan fingerprint density at radius 2 is 2.00 bits per heavy atom. The second-order valence-corrected chi connectivity index (χ2v) is 4.44. The Morgan fingerprint density at radius 3 is 2.83 bits per heavy atom. The molecule has 0 saturated carbocycles. The van der Waals surface area contributed by atoms with Gasteiger partial charge < -0.3 is 20.5 Å². The van der Waals surface area contributed by atoms with E-state index in [2.05, 4.69) is 31.2 Å². The van der Waals surface area contributed by atoms with Crippen molar-refractivity contribution in [3.63, 3.8) is 0 Å². The van der Waals surface area contributed by atoms with Crippen LogP contribution < -0.4 is 20.5 Å². The van der Waals surface area contributed by atoms with Gasteiger partial charge in [0.2, 0.25) is 12.7 Å². The van der Waals surface area contributed by atoms with Crippen molar-refractivity contribution in [2.45, 2.75) is 0 Å². The van der Waals surface area contributed by atoms with E-state index >= 15 is 0 Å². The average Bonchev–Trinajstić information content (AvgIpc) is 2.74. The number of nitrogens with one attached hydrogen (secondary N) is 1. The molecule has 1 aromatic carbocycles. The van der Waals surface area contributed by atoms with Gasteiger partial charge in [-0.05, 0) is 28.1 Å². The third-order valence-corrected chi connectivity index (χ3v) is 2.75. The number of anilines is 3. The molecule has 2 aromatic rings. The summed E-state index contributed by atoms with van der Waals surface area (Å²) in [4.78, 5) is 8.24. The topological polar surface area (TPSA) is 82.3 Å². The summed E-state index contributed by atoms with van der Waals surface area (Å²) in [7, 11) is 0. The lowest BCUT2D eigenvalue weighted by Crippen LogP contribution is -2.00. The van der Waals surface area contributed by atoms with Crippen LogP contribution in [0.3, 0.4) is 0 Å². The number of aromatic nitrogens is 2. The maximum atomic E-state index is 5.64. The first-order valence-electron chi connectivity index (χ1n) is 5.17. The zero-order chi connectivity index (χ0) is 12.5. The van der Waals surface area contributed by atoms with E-state index in [1.165, 1.54) is 0 Å². The number of fused-ring (bicyclic) bond motifs is 1. The molecule has 92 valence electrons. The van der Waals surface area contributed by atoms with Gasteiger partial charge >= 0.3 is 0 Å². The van der Waals surface area contributed by atoms with E-state index in [1.807, 2.05) is 18.2 Å². The van der Waals surface area contributed by atoms with E-state index in [9.17, 15) is 0 Å². The van der Waals surface area contributed by atoms with Crippen molar-refractivity contribution in [2.75, 3.05) is 17.8 Å². The van der Waals surface area contributed by atoms with Crippen molar-refractivity contribution >= 4 is 33.4 Å². The van der Waals surface area contributed by atoms with Gasteiger partial charge in [-0.1, -0.05) is 0 Å². The monoisotopic (exact) mass is 308 g/mol. The zero-order valence-corrected chi connectivity index (χ0v) is 10.8. The summed E-state index contributed by atoms with van der Waals surface area (Å²) in [6.45, 7) is 0.249. The minimum absolute atomic E-state index is 0.249. The predicted octanol–water partition coefficient (Wildman–Crippen LogP) is 2.29.